The zero-order chi connectivity index (χ0) is 15.5. The summed E-state index contributed by atoms with van der Waals surface area (Å²) in [6.45, 7) is 0. The van der Waals surface area contributed by atoms with Crippen molar-refractivity contribution in [3.63, 3.8) is 0 Å². The molecule has 2 amide bonds. The molecule has 0 aliphatic heterocycles. The molecular weight excluding hydrogens is 302 g/mol. The maximum atomic E-state index is 12.0. The van der Waals surface area contributed by atoms with Crippen molar-refractivity contribution in [2.45, 2.75) is 12.8 Å². The number of halogens is 1. The van der Waals surface area contributed by atoms with Crippen LogP contribution in [0, 0.1) is 5.92 Å². The van der Waals surface area contributed by atoms with Crippen LogP contribution in [0.5, 0.6) is 0 Å². The standard InChI is InChI=1S/C16H14ClN3O2/c17-12-5-3-11(4-6-12)16(22)20-14-8-7-13(9-18-14)19-15(21)10-1-2-10/h3-10H,1-2H2,(H,19,21)(H,18,20,22). The molecule has 0 atom stereocenters. The van der Waals surface area contributed by atoms with Gasteiger partial charge in [0.25, 0.3) is 5.91 Å². The largest absolute Gasteiger partial charge is 0.324 e. The number of benzene rings is 1. The van der Waals surface area contributed by atoms with Gasteiger partial charge in [0, 0.05) is 16.5 Å². The lowest BCUT2D eigenvalue weighted by Gasteiger charge is -2.07. The van der Waals surface area contributed by atoms with Crippen molar-refractivity contribution in [3.8, 4) is 0 Å². The average Bonchev–Trinajstić information content (AvgIpc) is 3.34. The Labute approximate surface area is 132 Å². The number of anilines is 2. The Morgan fingerprint density at radius 3 is 2.36 bits per heavy atom. The minimum absolute atomic E-state index is 0.0275. The van der Waals surface area contributed by atoms with Gasteiger partial charge in [-0.25, -0.2) is 4.98 Å². The van der Waals surface area contributed by atoms with Crippen LogP contribution in [0.1, 0.15) is 23.2 Å². The SMILES string of the molecule is O=C(Nc1ccc(NC(=O)C2CC2)cn1)c1ccc(Cl)cc1. The van der Waals surface area contributed by atoms with Gasteiger partial charge in [0.2, 0.25) is 5.91 Å². The molecule has 5 nitrogen and oxygen atoms in total. The number of carbonyl (C=O) groups is 2. The van der Waals surface area contributed by atoms with E-state index in [0.29, 0.717) is 22.1 Å². The highest BCUT2D eigenvalue weighted by atomic mass is 35.5. The molecule has 0 bridgehead atoms. The number of amides is 2. The number of nitrogens with one attached hydrogen (secondary N) is 2. The number of aromatic nitrogens is 1. The molecule has 6 heteroatoms. The zero-order valence-electron chi connectivity index (χ0n) is 11.7. The summed E-state index contributed by atoms with van der Waals surface area (Å²) >= 11 is 5.78. The lowest BCUT2D eigenvalue weighted by Crippen LogP contribution is -2.15. The summed E-state index contributed by atoms with van der Waals surface area (Å²) in [5, 5.41) is 6.06. The normalized spacial score (nSPS) is 13.5. The number of hydrogen-bond acceptors (Lipinski definition) is 3. The van der Waals surface area contributed by atoms with Crippen LogP contribution in [-0.2, 0) is 4.79 Å². The topological polar surface area (TPSA) is 71.1 Å². The van der Waals surface area contributed by atoms with Crippen molar-refractivity contribution in [2.75, 3.05) is 10.6 Å². The molecule has 0 saturated heterocycles. The van der Waals surface area contributed by atoms with Gasteiger partial charge in [0.1, 0.15) is 5.82 Å². The molecule has 1 heterocycles. The fourth-order valence-corrected chi connectivity index (χ4v) is 2.05. The minimum Gasteiger partial charge on any atom is -0.324 e. The van der Waals surface area contributed by atoms with Gasteiger partial charge >= 0.3 is 0 Å². The van der Waals surface area contributed by atoms with Crippen molar-refractivity contribution in [2.24, 2.45) is 5.92 Å². The first-order valence-corrected chi connectivity index (χ1v) is 7.33. The van der Waals surface area contributed by atoms with Crippen LogP contribution >= 0.6 is 11.6 Å². The van der Waals surface area contributed by atoms with E-state index in [2.05, 4.69) is 15.6 Å². The molecule has 1 aromatic heterocycles. The summed E-state index contributed by atoms with van der Waals surface area (Å²) in [7, 11) is 0. The Morgan fingerprint density at radius 1 is 1.05 bits per heavy atom. The third-order valence-electron chi connectivity index (χ3n) is 3.33. The molecule has 1 aliphatic rings. The quantitative estimate of drug-likeness (QED) is 0.909. The number of pyridine rings is 1. The third kappa shape index (κ3) is 3.62. The Bertz CT molecular complexity index is 694. The van der Waals surface area contributed by atoms with Crippen LogP contribution in [0.15, 0.2) is 42.6 Å². The molecular formula is C16H14ClN3O2. The second kappa shape index (κ2) is 6.15. The molecule has 1 fully saturated rings. The highest BCUT2D eigenvalue weighted by Crippen LogP contribution is 2.30. The fraction of sp³-hybridized carbons (Fsp3) is 0.188. The summed E-state index contributed by atoms with van der Waals surface area (Å²) in [6.07, 6.45) is 3.43. The number of carbonyl (C=O) groups excluding carboxylic acids is 2. The maximum absolute atomic E-state index is 12.0. The van der Waals surface area contributed by atoms with Gasteiger partial charge < -0.3 is 10.6 Å². The molecule has 1 aromatic carbocycles. The molecule has 22 heavy (non-hydrogen) atoms. The van der Waals surface area contributed by atoms with Crippen LogP contribution in [0.3, 0.4) is 0 Å². The molecule has 112 valence electrons. The first-order chi connectivity index (χ1) is 10.6. The molecule has 2 N–H and O–H groups in total. The summed E-state index contributed by atoms with van der Waals surface area (Å²) in [4.78, 5) is 27.8. The Balaban J connectivity index is 1.61. The lowest BCUT2D eigenvalue weighted by molar-refractivity contribution is -0.117. The van der Waals surface area contributed by atoms with Crippen molar-refractivity contribution in [1.82, 2.24) is 4.98 Å². The summed E-state index contributed by atoms with van der Waals surface area (Å²) in [5.41, 5.74) is 1.12. The Morgan fingerprint density at radius 2 is 1.77 bits per heavy atom. The average molecular weight is 316 g/mol. The number of hydrogen-bond donors (Lipinski definition) is 2. The molecule has 3 rings (SSSR count). The molecule has 0 unspecified atom stereocenters. The van der Waals surface area contributed by atoms with E-state index in [4.69, 9.17) is 11.6 Å². The van der Waals surface area contributed by atoms with Gasteiger partial charge in [-0.3, -0.25) is 9.59 Å². The third-order valence-corrected chi connectivity index (χ3v) is 3.58. The van der Waals surface area contributed by atoms with Crippen molar-refractivity contribution >= 4 is 34.9 Å². The van der Waals surface area contributed by atoms with Gasteiger partial charge in [-0.15, -0.1) is 0 Å². The molecule has 0 spiro atoms. The molecule has 2 aromatic rings. The summed E-state index contributed by atoms with van der Waals surface area (Å²) in [6, 6.07) is 9.95. The van der Waals surface area contributed by atoms with Crippen molar-refractivity contribution in [3.05, 3.63) is 53.2 Å². The van der Waals surface area contributed by atoms with Gasteiger partial charge in [-0.1, -0.05) is 11.6 Å². The molecule has 1 aliphatic carbocycles. The van der Waals surface area contributed by atoms with Crippen molar-refractivity contribution < 1.29 is 9.59 Å². The van der Waals surface area contributed by atoms with Gasteiger partial charge in [0.05, 0.1) is 11.9 Å². The predicted molar refractivity (Wildman–Crippen MR) is 85.0 cm³/mol. The fourth-order valence-electron chi connectivity index (χ4n) is 1.92. The second-order valence-electron chi connectivity index (χ2n) is 5.16. The van der Waals surface area contributed by atoms with Crippen LogP contribution < -0.4 is 10.6 Å². The zero-order valence-corrected chi connectivity index (χ0v) is 12.4. The number of nitrogens with zero attached hydrogens (tertiary/aromatic N) is 1. The van der Waals surface area contributed by atoms with E-state index < -0.39 is 0 Å². The Kier molecular flexibility index (Phi) is 4.06. The van der Waals surface area contributed by atoms with Crippen LogP contribution in [0.25, 0.3) is 0 Å². The van der Waals surface area contributed by atoms with E-state index in [-0.39, 0.29) is 17.7 Å². The first kappa shape index (κ1) is 14.5. The number of rotatable bonds is 4. The van der Waals surface area contributed by atoms with Gasteiger partial charge in [-0.05, 0) is 49.2 Å². The van der Waals surface area contributed by atoms with E-state index in [1.807, 2.05) is 0 Å². The van der Waals surface area contributed by atoms with Crippen molar-refractivity contribution in [1.29, 1.82) is 0 Å². The second-order valence-corrected chi connectivity index (χ2v) is 5.59. The first-order valence-electron chi connectivity index (χ1n) is 6.95. The summed E-state index contributed by atoms with van der Waals surface area (Å²) < 4.78 is 0. The Hall–Kier alpha value is -2.40. The lowest BCUT2D eigenvalue weighted by atomic mass is 10.2. The van der Waals surface area contributed by atoms with E-state index in [1.54, 1.807) is 36.4 Å². The van der Waals surface area contributed by atoms with E-state index in [9.17, 15) is 9.59 Å². The summed E-state index contributed by atoms with van der Waals surface area (Å²) in [5.74, 6) is 0.326. The monoisotopic (exact) mass is 315 g/mol. The van der Waals surface area contributed by atoms with Crippen LogP contribution in [0.4, 0.5) is 11.5 Å². The van der Waals surface area contributed by atoms with E-state index in [1.165, 1.54) is 6.20 Å². The van der Waals surface area contributed by atoms with Gasteiger partial charge in [0.15, 0.2) is 0 Å². The molecule has 1 saturated carbocycles. The van der Waals surface area contributed by atoms with Crippen LogP contribution in [0.2, 0.25) is 5.02 Å². The maximum Gasteiger partial charge on any atom is 0.256 e. The van der Waals surface area contributed by atoms with E-state index >= 15 is 0 Å². The van der Waals surface area contributed by atoms with Crippen LogP contribution in [-0.4, -0.2) is 16.8 Å². The minimum atomic E-state index is -0.265. The molecule has 0 radical (unpaired) electrons. The highest BCUT2D eigenvalue weighted by molar-refractivity contribution is 6.30. The predicted octanol–water partition coefficient (Wildman–Crippen LogP) is 3.34. The highest BCUT2D eigenvalue weighted by Gasteiger charge is 2.29. The smallest absolute Gasteiger partial charge is 0.256 e. The van der Waals surface area contributed by atoms with Gasteiger partial charge in [-0.2, -0.15) is 0 Å². The van der Waals surface area contributed by atoms with E-state index in [0.717, 1.165) is 12.8 Å².